The molecule has 0 aromatic heterocycles. The van der Waals surface area contributed by atoms with E-state index in [0.717, 1.165) is 6.08 Å². The molecular formula is C7H13O7P. The van der Waals surface area contributed by atoms with E-state index in [1.54, 1.807) is 6.92 Å². The molecule has 8 heteroatoms. The van der Waals surface area contributed by atoms with Crippen LogP contribution in [0.4, 0.5) is 0 Å². The zero-order valence-corrected chi connectivity index (χ0v) is 8.96. The fraction of sp³-hybridized carbons (Fsp3) is 0.571. The Morgan fingerprint density at radius 2 is 2.13 bits per heavy atom. The lowest BCUT2D eigenvalue weighted by atomic mass is 10.4. The van der Waals surface area contributed by atoms with Gasteiger partial charge in [-0.05, 0) is 6.92 Å². The molecule has 0 aliphatic rings. The van der Waals surface area contributed by atoms with Crippen LogP contribution in [0.15, 0.2) is 12.2 Å². The summed E-state index contributed by atoms with van der Waals surface area (Å²) < 4.78 is 18.7. The molecule has 3 N–H and O–H groups in total. The monoisotopic (exact) mass is 240 g/mol. The lowest BCUT2D eigenvalue weighted by Crippen LogP contribution is -2.17. The topological polar surface area (TPSA) is 113 Å². The molecule has 0 saturated carbocycles. The normalized spacial score (nSPS) is 14.1. The van der Waals surface area contributed by atoms with Crippen molar-refractivity contribution in [2.24, 2.45) is 0 Å². The summed E-state index contributed by atoms with van der Waals surface area (Å²) >= 11 is 0. The molecule has 0 aromatic rings. The van der Waals surface area contributed by atoms with Gasteiger partial charge in [0.15, 0.2) is 0 Å². The van der Waals surface area contributed by atoms with Crippen molar-refractivity contribution >= 4 is 13.8 Å². The Balaban J connectivity index is 3.71. The number of phosphoric ester groups is 1. The van der Waals surface area contributed by atoms with Crippen LogP contribution in [0.5, 0.6) is 0 Å². The van der Waals surface area contributed by atoms with Gasteiger partial charge in [0.1, 0.15) is 0 Å². The number of hydrogen-bond donors (Lipinski definition) is 3. The quantitative estimate of drug-likeness (QED) is 0.257. The van der Waals surface area contributed by atoms with E-state index in [9.17, 15) is 9.36 Å². The van der Waals surface area contributed by atoms with E-state index in [-0.39, 0.29) is 6.42 Å². The number of aliphatic hydroxyl groups excluding tert-OH is 1. The van der Waals surface area contributed by atoms with Crippen molar-refractivity contribution in [1.82, 2.24) is 0 Å². The number of phosphoric acid groups is 1. The van der Waals surface area contributed by atoms with Crippen LogP contribution >= 0.6 is 7.82 Å². The van der Waals surface area contributed by atoms with Crippen LogP contribution in [0.2, 0.25) is 0 Å². The largest absolute Gasteiger partial charge is 0.469 e. The highest BCUT2D eigenvalue weighted by Crippen LogP contribution is 2.35. The Bertz CT molecular complexity index is 269. The highest BCUT2D eigenvalue weighted by Gasteiger charge is 2.15. The van der Waals surface area contributed by atoms with Gasteiger partial charge in [0.05, 0.1) is 6.61 Å². The predicted molar refractivity (Wildman–Crippen MR) is 49.5 cm³/mol. The smallest absolute Gasteiger partial charge is 0.433 e. The third-order valence-corrected chi connectivity index (χ3v) is 1.70. The van der Waals surface area contributed by atoms with Crippen molar-refractivity contribution in [1.29, 1.82) is 0 Å². The standard InChI is InChI=1S/C7H13O7P/c1-2-3-6(8)14-7(9)4-5-13-15(10,11)12/h2-3,7,9H,4-5H2,1H3,(H2,10,11,12). The van der Waals surface area contributed by atoms with E-state index in [1.807, 2.05) is 0 Å². The molecule has 0 aromatic carbocycles. The molecule has 88 valence electrons. The summed E-state index contributed by atoms with van der Waals surface area (Å²) in [6, 6.07) is 0. The van der Waals surface area contributed by atoms with E-state index in [2.05, 4.69) is 9.26 Å². The number of ether oxygens (including phenoxy) is 1. The minimum absolute atomic E-state index is 0.214. The highest BCUT2D eigenvalue weighted by molar-refractivity contribution is 7.46. The number of aliphatic hydroxyl groups is 1. The van der Waals surface area contributed by atoms with Gasteiger partial charge in [-0.2, -0.15) is 0 Å². The van der Waals surface area contributed by atoms with Crippen LogP contribution in [0.1, 0.15) is 13.3 Å². The van der Waals surface area contributed by atoms with E-state index >= 15 is 0 Å². The second kappa shape index (κ2) is 6.71. The molecule has 0 aliphatic carbocycles. The van der Waals surface area contributed by atoms with Crippen LogP contribution in [-0.2, 0) is 18.6 Å². The van der Waals surface area contributed by atoms with Gasteiger partial charge in [-0.15, -0.1) is 0 Å². The van der Waals surface area contributed by atoms with Crippen LogP contribution in [-0.4, -0.2) is 33.8 Å². The van der Waals surface area contributed by atoms with Gasteiger partial charge < -0.3 is 19.6 Å². The number of allylic oxidation sites excluding steroid dienone is 1. The number of carbonyl (C=O) groups is 1. The third-order valence-electron chi connectivity index (χ3n) is 1.18. The van der Waals surface area contributed by atoms with E-state index in [4.69, 9.17) is 14.9 Å². The molecule has 0 aliphatic heterocycles. The van der Waals surface area contributed by atoms with E-state index in [0.29, 0.717) is 0 Å². The number of rotatable bonds is 6. The summed E-state index contributed by atoms with van der Waals surface area (Å²) in [5.41, 5.74) is 0. The summed E-state index contributed by atoms with van der Waals surface area (Å²) in [4.78, 5) is 27.3. The summed E-state index contributed by atoms with van der Waals surface area (Å²) in [7, 11) is -4.53. The molecule has 7 nitrogen and oxygen atoms in total. The highest BCUT2D eigenvalue weighted by atomic mass is 31.2. The summed E-state index contributed by atoms with van der Waals surface area (Å²) in [6.07, 6.45) is 0.878. The molecule has 0 spiro atoms. The predicted octanol–water partition coefficient (Wildman–Crippen LogP) is -0.0765. The average Bonchev–Trinajstić information content (AvgIpc) is 2.01. The van der Waals surface area contributed by atoms with Gasteiger partial charge in [-0.3, -0.25) is 4.52 Å². The van der Waals surface area contributed by atoms with Crippen molar-refractivity contribution in [2.75, 3.05) is 6.61 Å². The first-order chi connectivity index (χ1) is 6.85. The molecule has 0 saturated heterocycles. The summed E-state index contributed by atoms with van der Waals surface area (Å²) in [5, 5.41) is 9.03. The van der Waals surface area contributed by atoms with Gasteiger partial charge in [0.25, 0.3) is 0 Å². The van der Waals surface area contributed by atoms with Crippen molar-refractivity contribution in [3.63, 3.8) is 0 Å². The fourth-order valence-electron chi connectivity index (χ4n) is 0.641. The first kappa shape index (κ1) is 14.3. The third kappa shape index (κ3) is 9.58. The molecule has 1 unspecified atom stereocenters. The van der Waals surface area contributed by atoms with Crippen LogP contribution in [0, 0.1) is 0 Å². The minimum atomic E-state index is -4.53. The molecular weight excluding hydrogens is 227 g/mol. The van der Waals surface area contributed by atoms with Gasteiger partial charge in [0.2, 0.25) is 6.29 Å². The van der Waals surface area contributed by atoms with Crippen LogP contribution < -0.4 is 0 Å². The molecule has 0 heterocycles. The number of hydrogen-bond acceptors (Lipinski definition) is 5. The summed E-state index contributed by atoms with van der Waals surface area (Å²) in [6.45, 7) is 1.19. The van der Waals surface area contributed by atoms with Crippen LogP contribution in [0.25, 0.3) is 0 Å². The molecule has 0 rings (SSSR count). The summed E-state index contributed by atoms with van der Waals surface area (Å²) in [5.74, 6) is -0.735. The van der Waals surface area contributed by atoms with Crippen molar-refractivity contribution in [2.45, 2.75) is 19.6 Å². The van der Waals surface area contributed by atoms with Gasteiger partial charge in [0, 0.05) is 12.5 Å². The molecule has 15 heavy (non-hydrogen) atoms. The maximum atomic E-state index is 10.8. The van der Waals surface area contributed by atoms with Crippen LogP contribution in [0.3, 0.4) is 0 Å². The van der Waals surface area contributed by atoms with Crippen molar-refractivity contribution < 1.29 is 33.5 Å². The fourth-order valence-corrected chi connectivity index (χ4v) is 0.984. The maximum Gasteiger partial charge on any atom is 0.469 e. The maximum absolute atomic E-state index is 10.8. The second-order valence-corrected chi connectivity index (χ2v) is 3.74. The Labute approximate surface area is 86.6 Å². The zero-order valence-electron chi connectivity index (χ0n) is 8.07. The first-order valence-electron chi connectivity index (χ1n) is 4.06. The first-order valence-corrected chi connectivity index (χ1v) is 5.59. The molecule has 1 atom stereocenters. The lowest BCUT2D eigenvalue weighted by Gasteiger charge is -2.10. The lowest BCUT2D eigenvalue weighted by molar-refractivity contribution is -0.163. The zero-order chi connectivity index (χ0) is 11.9. The van der Waals surface area contributed by atoms with Crippen molar-refractivity contribution in [3.05, 3.63) is 12.2 Å². The molecule has 0 radical (unpaired) electrons. The van der Waals surface area contributed by atoms with E-state index < -0.39 is 26.7 Å². The van der Waals surface area contributed by atoms with E-state index in [1.165, 1.54) is 6.08 Å². The minimum Gasteiger partial charge on any atom is -0.433 e. The average molecular weight is 240 g/mol. The Kier molecular flexibility index (Phi) is 6.38. The van der Waals surface area contributed by atoms with Gasteiger partial charge in [-0.25, -0.2) is 9.36 Å². The molecule has 0 amide bonds. The Morgan fingerprint density at radius 3 is 2.60 bits per heavy atom. The Hall–Kier alpha value is -0.720. The number of carbonyl (C=O) groups excluding carboxylic acids is 1. The van der Waals surface area contributed by atoms with Crippen molar-refractivity contribution in [3.8, 4) is 0 Å². The Morgan fingerprint density at radius 1 is 1.53 bits per heavy atom. The van der Waals surface area contributed by atoms with Gasteiger partial charge in [-0.1, -0.05) is 6.08 Å². The second-order valence-electron chi connectivity index (χ2n) is 2.50. The molecule has 0 bridgehead atoms. The number of esters is 1. The molecule has 0 fully saturated rings. The SMILES string of the molecule is CC=CC(=O)OC(O)CCOP(=O)(O)O. The van der Waals surface area contributed by atoms with Gasteiger partial charge >= 0.3 is 13.8 Å².